The van der Waals surface area contributed by atoms with Crippen LogP contribution in [0, 0.1) is 13.8 Å². The molecule has 0 radical (unpaired) electrons. The summed E-state index contributed by atoms with van der Waals surface area (Å²) in [4.78, 5) is 0. The summed E-state index contributed by atoms with van der Waals surface area (Å²) in [7, 11) is 0. The van der Waals surface area contributed by atoms with Crippen LogP contribution in [-0.2, 0) is 45.4 Å². The van der Waals surface area contributed by atoms with Gasteiger partial charge in [0.25, 0.3) is 0 Å². The fourth-order valence-corrected chi connectivity index (χ4v) is 4.44. The number of rotatable bonds is 17. The van der Waals surface area contributed by atoms with Crippen LogP contribution in [0.4, 0.5) is 0 Å². The number of hydrogen-bond donors (Lipinski definition) is 2. The second kappa shape index (κ2) is 16.9. The van der Waals surface area contributed by atoms with Gasteiger partial charge >= 0.3 is 0 Å². The van der Waals surface area contributed by atoms with Crippen molar-refractivity contribution in [2.45, 2.75) is 64.7 Å². The molecule has 0 saturated heterocycles. The minimum absolute atomic E-state index is 0.0918. The molecule has 0 aliphatic heterocycles. The minimum Gasteiger partial charge on any atom is -0.388 e. The highest BCUT2D eigenvalue weighted by Gasteiger charge is 2.34. The first-order chi connectivity index (χ1) is 20.5. The highest BCUT2D eigenvalue weighted by Crippen LogP contribution is 2.18. The molecule has 0 unspecified atom stereocenters. The molecule has 42 heavy (non-hydrogen) atoms. The average molecular weight is 571 g/mol. The predicted octanol–water partition coefficient (Wildman–Crippen LogP) is 5.93. The van der Waals surface area contributed by atoms with Crippen molar-refractivity contribution in [3.8, 4) is 0 Å². The van der Waals surface area contributed by atoms with E-state index in [4.69, 9.17) is 18.9 Å². The maximum atomic E-state index is 11.4. The Labute approximate surface area is 249 Å². The maximum Gasteiger partial charge on any atom is 0.111 e. The van der Waals surface area contributed by atoms with Gasteiger partial charge in [-0.3, -0.25) is 0 Å². The Morgan fingerprint density at radius 2 is 0.786 bits per heavy atom. The topological polar surface area (TPSA) is 77.4 Å². The summed E-state index contributed by atoms with van der Waals surface area (Å²) < 4.78 is 24.2. The van der Waals surface area contributed by atoms with E-state index >= 15 is 0 Å². The summed E-state index contributed by atoms with van der Waals surface area (Å²) in [5.74, 6) is 0. The van der Waals surface area contributed by atoms with Gasteiger partial charge in [-0.1, -0.05) is 120 Å². The van der Waals surface area contributed by atoms with Crippen molar-refractivity contribution in [3.05, 3.63) is 143 Å². The molecule has 6 heteroatoms. The van der Waals surface area contributed by atoms with Gasteiger partial charge in [-0.2, -0.15) is 0 Å². The van der Waals surface area contributed by atoms with Crippen LogP contribution < -0.4 is 0 Å². The lowest BCUT2D eigenvalue weighted by Crippen LogP contribution is -2.49. The van der Waals surface area contributed by atoms with Crippen molar-refractivity contribution in [3.63, 3.8) is 0 Å². The van der Waals surface area contributed by atoms with Crippen molar-refractivity contribution in [2.24, 2.45) is 0 Å². The molecule has 0 amide bonds. The number of aliphatic hydroxyl groups excluding tert-OH is 2. The molecule has 0 bridgehead atoms. The zero-order chi connectivity index (χ0) is 29.6. The fraction of sp³-hybridized carbons (Fsp3) is 0.333. The van der Waals surface area contributed by atoms with E-state index in [2.05, 4.69) is 0 Å². The van der Waals surface area contributed by atoms with Crippen molar-refractivity contribution in [2.75, 3.05) is 13.2 Å². The van der Waals surface area contributed by atoms with E-state index in [0.29, 0.717) is 13.2 Å². The first-order valence-electron chi connectivity index (χ1n) is 14.4. The Morgan fingerprint density at radius 3 is 1.14 bits per heavy atom. The minimum atomic E-state index is -1.28. The molecule has 4 atom stereocenters. The van der Waals surface area contributed by atoms with E-state index in [0.717, 1.165) is 33.4 Å². The quantitative estimate of drug-likeness (QED) is 0.164. The number of ether oxygens (including phenoxy) is 4. The molecule has 222 valence electrons. The van der Waals surface area contributed by atoms with Gasteiger partial charge in [0, 0.05) is 0 Å². The predicted molar refractivity (Wildman–Crippen MR) is 164 cm³/mol. The number of aliphatic hydroxyl groups is 2. The summed E-state index contributed by atoms with van der Waals surface area (Å²) >= 11 is 0. The normalized spacial score (nSPS) is 14.3. The lowest BCUT2D eigenvalue weighted by atomic mass is 10.0. The number of aryl methyl sites for hydroxylation is 2. The van der Waals surface area contributed by atoms with Crippen molar-refractivity contribution >= 4 is 0 Å². The summed E-state index contributed by atoms with van der Waals surface area (Å²) in [5.41, 5.74) is 6.27. The molecule has 0 aromatic heterocycles. The third-order valence-corrected chi connectivity index (χ3v) is 7.07. The van der Waals surface area contributed by atoms with Gasteiger partial charge < -0.3 is 29.2 Å². The highest BCUT2D eigenvalue weighted by atomic mass is 16.6. The van der Waals surface area contributed by atoms with Gasteiger partial charge in [-0.25, -0.2) is 0 Å². The Hall–Kier alpha value is -3.36. The highest BCUT2D eigenvalue weighted by molar-refractivity contribution is 5.21. The molecule has 4 rings (SSSR count). The van der Waals surface area contributed by atoms with Crippen LogP contribution in [0.15, 0.2) is 109 Å². The van der Waals surface area contributed by atoms with Crippen molar-refractivity contribution in [1.29, 1.82) is 0 Å². The zero-order valence-corrected chi connectivity index (χ0v) is 24.5. The monoisotopic (exact) mass is 570 g/mol. The van der Waals surface area contributed by atoms with Crippen LogP contribution in [0.2, 0.25) is 0 Å². The van der Waals surface area contributed by atoms with Gasteiger partial charge in [0.15, 0.2) is 0 Å². The van der Waals surface area contributed by atoms with Gasteiger partial charge in [0.1, 0.15) is 24.4 Å². The maximum absolute atomic E-state index is 11.4. The fourth-order valence-electron chi connectivity index (χ4n) is 4.44. The van der Waals surface area contributed by atoms with Gasteiger partial charge in [-0.05, 0) is 36.1 Å². The zero-order valence-electron chi connectivity index (χ0n) is 24.5. The summed E-state index contributed by atoms with van der Waals surface area (Å²) in [5, 5.41) is 22.9. The summed E-state index contributed by atoms with van der Waals surface area (Å²) in [6.45, 7) is 5.50. The van der Waals surface area contributed by atoms with Gasteiger partial charge in [0.2, 0.25) is 0 Å². The summed E-state index contributed by atoms with van der Waals surface area (Å²) in [6.07, 6.45) is -4.17. The summed E-state index contributed by atoms with van der Waals surface area (Å²) in [6, 6.07) is 35.7. The standard InChI is InChI=1S/C36H42O6/c1-27-13-17-31(18-14-27)23-41-33(25-39-21-29-9-5-3-6-10-29)35(37)36(38)34(26-40-22-30-11-7-4-8-12-30)42-24-32-19-15-28(2)16-20-32/h3-20,33-38H,21-26H2,1-2H3/t33-,34-,35-,36-/m1/s1. The van der Waals surface area contributed by atoms with E-state index in [1.807, 2.05) is 123 Å². The lowest BCUT2D eigenvalue weighted by molar-refractivity contribution is -0.170. The molecule has 0 fully saturated rings. The van der Waals surface area contributed by atoms with Crippen LogP contribution in [0.25, 0.3) is 0 Å². The van der Waals surface area contributed by atoms with Crippen LogP contribution in [0.3, 0.4) is 0 Å². The third kappa shape index (κ3) is 10.5. The molecule has 4 aromatic rings. The molecule has 0 heterocycles. The van der Waals surface area contributed by atoms with Gasteiger partial charge in [-0.15, -0.1) is 0 Å². The SMILES string of the molecule is Cc1ccc(CO[C@H](COCc2ccccc2)[C@@H](O)[C@H](O)[C@@H](COCc2ccccc2)OCc2ccc(C)cc2)cc1. The number of hydrogen-bond acceptors (Lipinski definition) is 6. The molecular weight excluding hydrogens is 528 g/mol. The van der Waals surface area contributed by atoms with Crippen LogP contribution in [0.1, 0.15) is 33.4 Å². The average Bonchev–Trinajstić information content (AvgIpc) is 3.02. The molecule has 0 aliphatic rings. The van der Waals surface area contributed by atoms with Crippen molar-refractivity contribution < 1.29 is 29.2 Å². The van der Waals surface area contributed by atoms with Crippen LogP contribution >= 0.6 is 0 Å². The smallest absolute Gasteiger partial charge is 0.111 e. The third-order valence-electron chi connectivity index (χ3n) is 7.07. The Morgan fingerprint density at radius 1 is 0.452 bits per heavy atom. The Bertz CT molecular complexity index is 1180. The van der Waals surface area contributed by atoms with E-state index in [9.17, 15) is 10.2 Å². The molecular formula is C36H42O6. The first-order valence-corrected chi connectivity index (χ1v) is 14.4. The first kappa shape index (κ1) is 31.6. The van der Waals surface area contributed by atoms with E-state index in [1.165, 1.54) is 0 Å². The van der Waals surface area contributed by atoms with Gasteiger partial charge in [0.05, 0.1) is 39.6 Å². The van der Waals surface area contributed by atoms with E-state index in [-0.39, 0.29) is 26.4 Å². The van der Waals surface area contributed by atoms with E-state index in [1.54, 1.807) is 0 Å². The lowest BCUT2D eigenvalue weighted by Gasteiger charge is -2.32. The molecule has 0 spiro atoms. The van der Waals surface area contributed by atoms with Crippen molar-refractivity contribution in [1.82, 2.24) is 0 Å². The second-order valence-corrected chi connectivity index (χ2v) is 10.7. The molecule has 4 aromatic carbocycles. The largest absolute Gasteiger partial charge is 0.388 e. The molecule has 0 saturated carbocycles. The molecule has 6 nitrogen and oxygen atoms in total. The molecule has 0 aliphatic carbocycles. The van der Waals surface area contributed by atoms with E-state index < -0.39 is 24.4 Å². The number of benzene rings is 4. The van der Waals surface area contributed by atoms with Crippen LogP contribution in [-0.4, -0.2) is 47.8 Å². The van der Waals surface area contributed by atoms with Crippen LogP contribution in [0.5, 0.6) is 0 Å². The molecule has 2 N–H and O–H groups in total. The second-order valence-electron chi connectivity index (χ2n) is 10.7. The Kier molecular flexibility index (Phi) is 12.7. The Balaban J connectivity index is 1.44.